The maximum Gasteiger partial charge on any atom is 0.234 e. The Kier molecular flexibility index (Phi) is 2.10. The van der Waals surface area contributed by atoms with Crippen LogP contribution >= 0.6 is 11.3 Å². The van der Waals surface area contributed by atoms with Crippen LogP contribution in [0.15, 0.2) is 24.5 Å². The van der Waals surface area contributed by atoms with Crippen LogP contribution in [-0.2, 0) is 6.42 Å². The molecule has 0 atom stereocenters. The number of aromatic nitrogens is 4. The van der Waals surface area contributed by atoms with Crippen LogP contribution < -0.4 is 5.32 Å². The Morgan fingerprint density at radius 3 is 3.28 bits per heavy atom. The standard InChI is InChI=1S/C12H11N5S/c1-3-9(8-4-2-6-13-10(8)5-1)11-16-17-7-14-15-12(17)18-11/h1,3,5,7,13H,2,4,6H2. The van der Waals surface area contributed by atoms with Gasteiger partial charge >= 0.3 is 0 Å². The highest BCUT2D eigenvalue weighted by Gasteiger charge is 2.16. The minimum atomic E-state index is 0.839. The number of benzene rings is 1. The van der Waals surface area contributed by atoms with Gasteiger partial charge < -0.3 is 5.32 Å². The van der Waals surface area contributed by atoms with Crippen LogP contribution in [0.4, 0.5) is 5.69 Å². The third kappa shape index (κ3) is 1.42. The van der Waals surface area contributed by atoms with E-state index in [1.54, 1.807) is 22.2 Å². The second kappa shape index (κ2) is 3.78. The molecule has 90 valence electrons. The van der Waals surface area contributed by atoms with Gasteiger partial charge in [-0.2, -0.15) is 9.61 Å². The van der Waals surface area contributed by atoms with Crippen LogP contribution in [-0.4, -0.2) is 26.4 Å². The smallest absolute Gasteiger partial charge is 0.234 e. The largest absolute Gasteiger partial charge is 0.385 e. The summed E-state index contributed by atoms with van der Waals surface area (Å²) in [6.07, 6.45) is 3.93. The van der Waals surface area contributed by atoms with Crippen molar-refractivity contribution in [3.63, 3.8) is 0 Å². The molecule has 0 saturated heterocycles. The Morgan fingerprint density at radius 1 is 1.33 bits per heavy atom. The molecule has 2 aromatic heterocycles. The Labute approximate surface area is 107 Å². The second-order valence-corrected chi connectivity index (χ2v) is 5.28. The number of nitrogens with one attached hydrogen (secondary N) is 1. The van der Waals surface area contributed by atoms with E-state index in [0.717, 1.165) is 22.9 Å². The van der Waals surface area contributed by atoms with E-state index in [0.29, 0.717) is 0 Å². The van der Waals surface area contributed by atoms with Gasteiger partial charge in [0.1, 0.15) is 11.3 Å². The van der Waals surface area contributed by atoms with E-state index in [1.165, 1.54) is 23.2 Å². The third-order valence-electron chi connectivity index (χ3n) is 3.21. The summed E-state index contributed by atoms with van der Waals surface area (Å²) in [7, 11) is 0. The zero-order valence-electron chi connectivity index (χ0n) is 9.63. The molecule has 0 amide bonds. The number of nitrogens with zero attached hydrogens (tertiary/aromatic N) is 4. The Morgan fingerprint density at radius 2 is 2.33 bits per heavy atom. The Balaban J connectivity index is 1.91. The summed E-state index contributed by atoms with van der Waals surface area (Å²) < 4.78 is 1.73. The maximum absolute atomic E-state index is 4.53. The molecule has 0 saturated carbocycles. The zero-order chi connectivity index (χ0) is 11.9. The van der Waals surface area contributed by atoms with Crippen molar-refractivity contribution in [2.24, 2.45) is 0 Å². The molecule has 5 nitrogen and oxygen atoms in total. The van der Waals surface area contributed by atoms with Gasteiger partial charge in [-0.15, -0.1) is 10.2 Å². The van der Waals surface area contributed by atoms with E-state index in [1.807, 2.05) is 0 Å². The van der Waals surface area contributed by atoms with Crippen molar-refractivity contribution < 1.29 is 0 Å². The molecule has 0 fully saturated rings. The van der Waals surface area contributed by atoms with E-state index in [2.05, 4.69) is 38.8 Å². The van der Waals surface area contributed by atoms with Crippen LogP contribution in [0.1, 0.15) is 12.0 Å². The summed E-state index contributed by atoms with van der Waals surface area (Å²) in [5.74, 6) is 0. The highest BCUT2D eigenvalue weighted by atomic mass is 32.1. The highest BCUT2D eigenvalue weighted by molar-refractivity contribution is 7.19. The second-order valence-electron chi connectivity index (χ2n) is 4.33. The van der Waals surface area contributed by atoms with Gasteiger partial charge in [0.25, 0.3) is 0 Å². The van der Waals surface area contributed by atoms with Crippen molar-refractivity contribution in [1.82, 2.24) is 19.8 Å². The number of anilines is 1. The fourth-order valence-corrected chi connectivity index (χ4v) is 3.25. The fraction of sp³-hybridized carbons (Fsp3) is 0.250. The van der Waals surface area contributed by atoms with Gasteiger partial charge in [0.2, 0.25) is 4.96 Å². The van der Waals surface area contributed by atoms with Crippen LogP contribution in [0.25, 0.3) is 15.5 Å². The minimum Gasteiger partial charge on any atom is -0.385 e. The van der Waals surface area contributed by atoms with Crippen molar-refractivity contribution in [2.75, 3.05) is 11.9 Å². The average molecular weight is 257 g/mol. The summed E-state index contributed by atoms with van der Waals surface area (Å²) in [5.41, 5.74) is 3.83. The van der Waals surface area contributed by atoms with Gasteiger partial charge in [0, 0.05) is 17.8 Å². The van der Waals surface area contributed by atoms with Crippen molar-refractivity contribution in [3.8, 4) is 10.6 Å². The Bertz CT molecular complexity index is 686. The van der Waals surface area contributed by atoms with E-state index in [-0.39, 0.29) is 0 Å². The van der Waals surface area contributed by atoms with Crippen molar-refractivity contribution in [1.29, 1.82) is 0 Å². The zero-order valence-corrected chi connectivity index (χ0v) is 10.4. The molecular weight excluding hydrogens is 246 g/mol. The Hall–Kier alpha value is -1.95. The molecule has 0 unspecified atom stereocenters. The quantitative estimate of drug-likeness (QED) is 0.726. The average Bonchev–Trinajstić information content (AvgIpc) is 2.99. The predicted molar refractivity (Wildman–Crippen MR) is 70.9 cm³/mol. The predicted octanol–water partition coefficient (Wildman–Crippen LogP) is 2.21. The van der Waals surface area contributed by atoms with Crippen LogP contribution in [0, 0.1) is 0 Å². The fourth-order valence-electron chi connectivity index (χ4n) is 2.38. The topological polar surface area (TPSA) is 55.1 Å². The SMILES string of the molecule is c1cc2c(c(-c3nn4cnnc4s3)c1)CCCN2. The molecule has 1 N–H and O–H groups in total. The van der Waals surface area contributed by atoms with Gasteiger partial charge in [0.05, 0.1) is 0 Å². The van der Waals surface area contributed by atoms with E-state index in [4.69, 9.17) is 0 Å². The van der Waals surface area contributed by atoms with E-state index < -0.39 is 0 Å². The first-order valence-electron chi connectivity index (χ1n) is 5.95. The normalized spacial score (nSPS) is 14.4. The summed E-state index contributed by atoms with van der Waals surface area (Å²) in [5, 5.41) is 16.9. The van der Waals surface area contributed by atoms with Gasteiger partial charge in [-0.05, 0) is 24.5 Å². The lowest BCUT2D eigenvalue weighted by atomic mass is 9.98. The molecule has 0 aliphatic carbocycles. The maximum atomic E-state index is 4.53. The van der Waals surface area contributed by atoms with Crippen molar-refractivity contribution in [3.05, 3.63) is 30.1 Å². The lowest BCUT2D eigenvalue weighted by Crippen LogP contribution is -2.12. The molecule has 3 heterocycles. The van der Waals surface area contributed by atoms with E-state index in [9.17, 15) is 0 Å². The molecule has 1 aliphatic heterocycles. The van der Waals surface area contributed by atoms with Gasteiger partial charge in [0.15, 0.2) is 0 Å². The molecule has 1 aliphatic rings. The summed E-state index contributed by atoms with van der Waals surface area (Å²) in [6, 6.07) is 6.35. The van der Waals surface area contributed by atoms with Crippen LogP contribution in [0.3, 0.4) is 0 Å². The molecule has 3 aromatic rings. The highest BCUT2D eigenvalue weighted by Crippen LogP contribution is 2.34. The van der Waals surface area contributed by atoms with Gasteiger partial charge in [-0.3, -0.25) is 0 Å². The molecule has 1 aromatic carbocycles. The molecular formula is C12H11N5S. The molecule has 6 heteroatoms. The van der Waals surface area contributed by atoms with Gasteiger partial charge in [-0.25, -0.2) is 0 Å². The minimum absolute atomic E-state index is 0.839. The summed E-state index contributed by atoms with van der Waals surface area (Å²) >= 11 is 1.58. The molecule has 0 radical (unpaired) electrons. The van der Waals surface area contributed by atoms with Crippen LogP contribution in [0.5, 0.6) is 0 Å². The molecule has 18 heavy (non-hydrogen) atoms. The molecule has 0 spiro atoms. The van der Waals surface area contributed by atoms with Gasteiger partial charge in [-0.1, -0.05) is 23.5 Å². The number of fused-ring (bicyclic) bond motifs is 2. The molecule has 4 rings (SSSR count). The first-order chi connectivity index (χ1) is 8.92. The molecule has 0 bridgehead atoms. The van der Waals surface area contributed by atoms with Crippen LogP contribution in [0.2, 0.25) is 0 Å². The number of rotatable bonds is 1. The first-order valence-corrected chi connectivity index (χ1v) is 6.76. The monoisotopic (exact) mass is 257 g/mol. The number of hydrogen-bond donors (Lipinski definition) is 1. The van der Waals surface area contributed by atoms with E-state index >= 15 is 0 Å². The van der Waals surface area contributed by atoms with Crippen molar-refractivity contribution >= 4 is 22.0 Å². The summed E-state index contributed by atoms with van der Waals surface area (Å²) in [4.78, 5) is 0.839. The lowest BCUT2D eigenvalue weighted by molar-refractivity contribution is 0.830. The third-order valence-corrected chi connectivity index (χ3v) is 4.16. The number of hydrogen-bond acceptors (Lipinski definition) is 5. The lowest BCUT2D eigenvalue weighted by Gasteiger charge is -2.19. The first kappa shape index (κ1) is 10.0. The summed E-state index contributed by atoms with van der Waals surface area (Å²) in [6.45, 7) is 1.06. The van der Waals surface area contributed by atoms with Crippen molar-refractivity contribution in [2.45, 2.75) is 12.8 Å².